The zero-order valence-electron chi connectivity index (χ0n) is 19.6. The highest BCUT2D eigenvalue weighted by Gasteiger charge is 2.26. The van der Waals surface area contributed by atoms with Crippen LogP contribution >= 0.6 is 12.4 Å². The van der Waals surface area contributed by atoms with Crippen LogP contribution in [0.15, 0.2) is 66.9 Å². The monoisotopic (exact) mass is 494 g/mol. The lowest BCUT2D eigenvalue weighted by Crippen LogP contribution is -2.50. The van der Waals surface area contributed by atoms with Crippen molar-refractivity contribution in [2.75, 3.05) is 49.1 Å². The number of carboxylic acids is 1. The first-order chi connectivity index (χ1) is 16.6. The minimum absolute atomic E-state index is 0. The Kier molecular flexibility index (Phi) is 7.90. The fraction of sp³-hybridized carbons (Fsp3) is 0.333. The number of aliphatic hydroxyl groups excluding tert-OH is 1. The fourth-order valence-electron chi connectivity index (χ4n) is 5.09. The van der Waals surface area contributed by atoms with Crippen molar-refractivity contribution in [3.05, 3.63) is 83.6 Å². The first kappa shape index (κ1) is 25.0. The number of benzene rings is 2. The van der Waals surface area contributed by atoms with Crippen LogP contribution in [0, 0.1) is 0 Å². The molecule has 1 atom stereocenters. The number of aromatic nitrogens is 1. The summed E-state index contributed by atoms with van der Waals surface area (Å²) in [5.74, 6) is -0.438. The molecule has 1 aromatic heterocycles. The lowest BCUT2D eigenvalue weighted by atomic mass is 10.0. The molecule has 1 unspecified atom stereocenters. The number of nitrogens with zero attached hydrogens (tertiary/aromatic N) is 4. The zero-order chi connectivity index (χ0) is 23.5. The van der Waals surface area contributed by atoms with Crippen molar-refractivity contribution >= 4 is 35.6 Å². The van der Waals surface area contributed by atoms with Crippen molar-refractivity contribution in [3.8, 4) is 0 Å². The Hall–Kier alpha value is -3.13. The van der Waals surface area contributed by atoms with Gasteiger partial charge in [-0.2, -0.15) is 0 Å². The van der Waals surface area contributed by atoms with Crippen molar-refractivity contribution in [1.82, 2.24) is 9.88 Å². The Morgan fingerprint density at radius 1 is 0.857 bits per heavy atom. The molecule has 2 aliphatic heterocycles. The number of anilines is 3. The standard InChI is InChI=1S/C27H30N4O3.ClH/c32-22(18-29-14-16-30(17-15-29)26-23(27(33)34)8-5-13-28-26)19-31-24-9-3-1-6-20(24)11-12-21-7-2-4-10-25(21)31;/h1-10,13,22,32H,11-12,14-19H2,(H,33,34);1H. The number of hydrogen-bond acceptors (Lipinski definition) is 6. The number of rotatable bonds is 6. The predicted molar refractivity (Wildman–Crippen MR) is 140 cm³/mol. The van der Waals surface area contributed by atoms with E-state index in [4.69, 9.17) is 0 Å². The molecule has 2 aromatic carbocycles. The number of piperazine rings is 1. The third kappa shape index (κ3) is 5.42. The van der Waals surface area contributed by atoms with Gasteiger partial charge in [0.25, 0.3) is 0 Å². The average molecular weight is 495 g/mol. The zero-order valence-corrected chi connectivity index (χ0v) is 20.4. The largest absolute Gasteiger partial charge is 0.478 e. The molecule has 0 radical (unpaired) electrons. The maximum atomic E-state index is 11.5. The molecule has 2 aliphatic rings. The van der Waals surface area contributed by atoms with Crippen molar-refractivity contribution < 1.29 is 15.0 Å². The van der Waals surface area contributed by atoms with E-state index in [0.717, 1.165) is 25.9 Å². The van der Waals surface area contributed by atoms with E-state index in [9.17, 15) is 15.0 Å². The van der Waals surface area contributed by atoms with Crippen molar-refractivity contribution in [1.29, 1.82) is 0 Å². The van der Waals surface area contributed by atoms with Gasteiger partial charge in [0.05, 0.1) is 12.6 Å². The van der Waals surface area contributed by atoms with Gasteiger partial charge in [-0.15, -0.1) is 12.4 Å². The highest BCUT2D eigenvalue weighted by Crippen LogP contribution is 2.36. The van der Waals surface area contributed by atoms with Crippen molar-refractivity contribution in [2.45, 2.75) is 18.9 Å². The summed E-state index contributed by atoms with van der Waals surface area (Å²) >= 11 is 0. The van der Waals surface area contributed by atoms with E-state index in [1.165, 1.54) is 22.5 Å². The highest BCUT2D eigenvalue weighted by molar-refractivity contribution is 5.93. The van der Waals surface area contributed by atoms with Crippen LogP contribution in [0.3, 0.4) is 0 Å². The van der Waals surface area contributed by atoms with Crippen LogP contribution in [0.2, 0.25) is 0 Å². The molecule has 1 saturated heterocycles. The third-order valence-electron chi connectivity index (χ3n) is 6.78. The molecule has 0 spiro atoms. The number of halogens is 1. The molecule has 7 nitrogen and oxygen atoms in total. The summed E-state index contributed by atoms with van der Waals surface area (Å²) < 4.78 is 0. The predicted octanol–water partition coefficient (Wildman–Crippen LogP) is 3.62. The number of pyridine rings is 1. The van der Waals surface area contributed by atoms with Crippen LogP contribution < -0.4 is 9.80 Å². The summed E-state index contributed by atoms with van der Waals surface area (Å²) in [5, 5.41) is 20.6. The summed E-state index contributed by atoms with van der Waals surface area (Å²) in [5.41, 5.74) is 5.20. The molecule has 0 bridgehead atoms. The van der Waals surface area contributed by atoms with E-state index in [-0.39, 0.29) is 18.0 Å². The molecule has 8 heteroatoms. The van der Waals surface area contributed by atoms with Gasteiger partial charge >= 0.3 is 5.97 Å². The molecule has 3 heterocycles. The molecule has 35 heavy (non-hydrogen) atoms. The van der Waals surface area contributed by atoms with Gasteiger partial charge in [0.2, 0.25) is 0 Å². The SMILES string of the molecule is Cl.O=C(O)c1cccnc1N1CCN(CC(O)CN2c3ccccc3CCc3ccccc32)CC1. The maximum Gasteiger partial charge on any atom is 0.339 e. The van der Waals surface area contributed by atoms with Gasteiger partial charge in [-0.25, -0.2) is 9.78 Å². The molecule has 0 amide bonds. The van der Waals surface area contributed by atoms with E-state index < -0.39 is 12.1 Å². The minimum Gasteiger partial charge on any atom is -0.478 e. The Morgan fingerprint density at radius 2 is 1.46 bits per heavy atom. The van der Waals surface area contributed by atoms with E-state index in [1.807, 2.05) is 4.90 Å². The summed E-state index contributed by atoms with van der Waals surface area (Å²) in [4.78, 5) is 22.4. The first-order valence-electron chi connectivity index (χ1n) is 11.9. The second-order valence-electron chi connectivity index (χ2n) is 8.99. The van der Waals surface area contributed by atoms with E-state index >= 15 is 0 Å². The number of hydrogen-bond donors (Lipinski definition) is 2. The number of aromatic carboxylic acids is 1. The van der Waals surface area contributed by atoms with Crippen molar-refractivity contribution in [3.63, 3.8) is 0 Å². The van der Waals surface area contributed by atoms with E-state index in [0.29, 0.717) is 32.0 Å². The fourth-order valence-corrected chi connectivity index (χ4v) is 5.09. The van der Waals surface area contributed by atoms with Crippen LogP contribution in [-0.4, -0.2) is 71.4 Å². The van der Waals surface area contributed by atoms with Gasteiger partial charge in [0.15, 0.2) is 0 Å². The third-order valence-corrected chi connectivity index (χ3v) is 6.78. The number of carbonyl (C=O) groups is 1. The van der Waals surface area contributed by atoms with E-state index in [2.05, 4.69) is 63.3 Å². The highest BCUT2D eigenvalue weighted by atomic mass is 35.5. The summed E-state index contributed by atoms with van der Waals surface area (Å²) in [6, 6.07) is 20.2. The Labute approximate surface area is 212 Å². The van der Waals surface area contributed by atoms with Crippen LogP contribution in [0.5, 0.6) is 0 Å². The number of para-hydroxylation sites is 2. The summed E-state index contributed by atoms with van der Waals surface area (Å²) in [6.45, 7) is 3.96. The second-order valence-corrected chi connectivity index (χ2v) is 8.99. The topological polar surface area (TPSA) is 80.1 Å². The minimum atomic E-state index is -0.959. The average Bonchev–Trinajstić information content (AvgIpc) is 3.02. The van der Waals surface area contributed by atoms with Gasteiger partial charge in [0, 0.05) is 50.3 Å². The Balaban J connectivity index is 0.00000289. The molecule has 1 fully saturated rings. The Bertz CT molecular complexity index is 1120. The number of aryl methyl sites for hydroxylation is 2. The molecule has 5 rings (SSSR count). The first-order valence-corrected chi connectivity index (χ1v) is 11.9. The quantitative estimate of drug-likeness (QED) is 0.541. The van der Waals surface area contributed by atoms with Gasteiger partial charge in [-0.1, -0.05) is 36.4 Å². The van der Waals surface area contributed by atoms with E-state index in [1.54, 1.807) is 18.3 Å². The van der Waals surface area contributed by atoms with Crippen LogP contribution in [0.1, 0.15) is 21.5 Å². The summed E-state index contributed by atoms with van der Waals surface area (Å²) in [7, 11) is 0. The molecule has 0 saturated carbocycles. The van der Waals surface area contributed by atoms with Crippen LogP contribution in [-0.2, 0) is 12.8 Å². The number of β-amino-alcohol motifs (C(OH)–C–C–N with tert-alkyl or cyclic N) is 1. The van der Waals surface area contributed by atoms with Gasteiger partial charge in [0.1, 0.15) is 11.4 Å². The molecular formula is C27H31ClN4O3. The normalized spacial score (nSPS) is 16.5. The molecule has 3 aromatic rings. The number of aliphatic hydroxyl groups is 1. The van der Waals surface area contributed by atoms with Gasteiger partial charge < -0.3 is 20.0 Å². The number of fused-ring (bicyclic) bond motifs is 2. The lowest BCUT2D eigenvalue weighted by molar-refractivity contribution is 0.0697. The molecule has 184 valence electrons. The second kappa shape index (κ2) is 11.1. The summed E-state index contributed by atoms with van der Waals surface area (Å²) in [6.07, 6.45) is 3.10. The van der Waals surface area contributed by atoms with Gasteiger partial charge in [-0.05, 0) is 48.2 Å². The molecule has 2 N–H and O–H groups in total. The van der Waals surface area contributed by atoms with Gasteiger partial charge in [-0.3, -0.25) is 4.90 Å². The molecule has 0 aliphatic carbocycles. The molecular weight excluding hydrogens is 464 g/mol. The Morgan fingerprint density at radius 3 is 2.06 bits per heavy atom. The number of carboxylic acid groups (broad SMARTS) is 1. The lowest BCUT2D eigenvalue weighted by Gasteiger charge is -2.37. The van der Waals surface area contributed by atoms with Crippen LogP contribution in [0.4, 0.5) is 17.2 Å². The smallest absolute Gasteiger partial charge is 0.339 e. The van der Waals surface area contributed by atoms with Crippen LogP contribution in [0.25, 0.3) is 0 Å². The van der Waals surface area contributed by atoms with Crippen molar-refractivity contribution in [2.24, 2.45) is 0 Å². The maximum absolute atomic E-state index is 11.5.